The minimum atomic E-state index is -4.25. The quantitative estimate of drug-likeness (QED) is 0.0850. The molecule has 13 nitrogen and oxygen atoms in total. The number of nitrogens with one attached hydrogen (secondary N) is 1. The van der Waals surface area contributed by atoms with Crippen LogP contribution in [0.15, 0.2) is 89.1 Å². The van der Waals surface area contributed by atoms with Crippen molar-refractivity contribution in [3.8, 4) is 11.5 Å². The normalized spacial score (nSPS) is 25.1. The molecule has 1 aliphatic heterocycles. The highest BCUT2D eigenvalue weighted by molar-refractivity contribution is 7.89. The molecule has 0 spiro atoms. The zero-order valence-electron chi connectivity index (χ0n) is 31.7. The summed E-state index contributed by atoms with van der Waals surface area (Å²) in [5.74, 6) is -1.76. The van der Waals surface area contributed by atoms with Crippen molar-refractivity contribution in [2.75, 3.05) is 40.5 Å². The molecule has 3 aromatic rings. The van der Waals surface area contributed by atoms with Gasteiger partial charge in [-0.3, -0.25) is 4.98 Å². The first-order valence-electron chi connectivity index (χ1n) is 19.0. The van der Waals surface area contributed by atoms with Crippen molar-refractivity contribution < 1.29 is 42.5 Å². The third-order valence-corrected chi connectivity index (χ3v) is 13.0. The maximum Gasteiger partial charge on any atom is 0.412 e. The molecule has 55 heavy (non-hydrogen) atoms. The van der Waals surface area contributed by atoms with Gasteiger partial charge in [-0.2, -0.15) is 4.31 Å². The second-order valence-corrected chi connectivity index (χ2v) is 16.2. The largest absolute Gasteiger partial charge is 0.460 e. The summed E-state index contributed by atoms with van der Waals surface area (Å²) in [6.45, 7) is 6.31. The average molecular weight is 777 g/mol. The number of oxime groups is 1. The lowest BCUT2D eigenvalue weighted by molar-refractivity contribution is -0.250. The van der Waals surface area contributed by atoms with Crippen molar-refractivity contribution in [1.29, 1.82) is 0 Å². The number of amides is 1. The number of para-hydroxylation sites is 1. The number of benzene rings is 2. The van der Waals surface area contributed by atoms with Crippen LogP contribution in [0.1, 0.15) is 63.4 Å². The molecule has 3 N–H and O–H groups in total. The lowest BCUT2D eigenvalue weighted by atomic mass is 9.55. The van der Waals surface area contributed by atoms with Crippen LogP contribution in [0.25, 0.3) is 10.9 Å². The summed E-state index contributed by atoms with van der Waals surface area (Å²) in [4.78, 5) is 22.6. The van der Waals surface area contributed by atoms with Crippen molar-refractivity contribution in [3.63, 3.8) is 0 Å². The second-order valence-electron chi connectivity index (χ2n) is 14.2. The lowest BCUT2D eigenvalue weighted by Crippen LogP contribution is -2.69. The van der Waals surface area contributed by atoms with Crippen LogP contribution in [0, 0.1) is 17.8 Å². The number of aliphatic hydroxyl groups excluding tert-OH is 2. The van der Waals surface area contributed by atoms with Gasteiger partial charge in [0.05, 0.1) is 29.8 Å². The van der Waals surface area contributed by atoms with Crippen molar-refractivity contribution in [1.82, 2.24) is 14.6 Å². The number of aromatic nitrogens is 1. The number of fused-ring (bicyclic) bond motifs is 3. The van der Waals surface area contributed by atoms with E-state index in [1.165, 1.54) is 18.5 Å². The summed E-state index contributed by atoms with van der Waals surface area (Å²) in [5.41, 5.74) is 2.54. The van der Waals surface area contributed by atoms with Gasteiger partial charge in [0.1, 0.15) is 23.5 Å². The van der Waals surface area contributed by atoms with Crippen molar-refractivity contribution >= 4 is 32.7 Å². The van der Waals surface area contributed by atoms with E-state index in [4.69, 9.17) is 19.0 Å². The molecule has 0 saturated heterocycles. The Morgan fingerprint density at radius 2 is 1.89 bits per heavy atom. The van der Waals surface area contributed by atoms with Gasteiger partial charge in [-0.05, 0) is 80.3 Å². The summed E-state index contributed by atoms with van der Waals surface area (Å²) in [5, 5.41) is 27.5. The van der Waals surface area contributed by atoms with Gasteiger partial charge in [0.25, 0.3) is 0 Å². The Labute approximate surface area is 323 Å². The van der Waals surface area contributed by atoms with Gasteiger partial charge >= 0.3 is 6.09 Å². The van der Waals surface area contributed by atoms with Crippen molar-refractivity contribution in [2.24, 2.45) is 22.9 Å². The number of aliphatic hydroxyl groups is 2. The minimum absolute atomic E-state index is 0.0133. The van der Waals surface area contributed by atoms with E-state index in [0.717, 1.165) is 36.8 Å². The number of nitrogens with zero attached hydrogens (tertiary/aromatic N) is 3. The first-order chi connectivity index (χ1) is 26.6. The van der Waals surface area contributed by atoms with Crippen LogP contribution >= 0.6 is 0 Å². The average Bonchev–Trinajstić information content (AvgIpc) is 3.18. The smallest absolute Gasteiger partial charge is 0.412 e. The molecule has 2 aromatic carbocycles. The van der Waals surface area contributed by atoms with Crippen LogP contribution in [0.2, 0.25) is 0 Å². The van der Waals surface area contributed by atoms with Gasteiger partial charge in [-0.25, -0.2) is 13.2 Å². The number of carbonyl (C=O) groups excluding carboxylic acids is 1. The van der Waals surface area contributed by atoms with Crippen molar-refractivity contribution in [3.05, 3.63) is 84.6 Å². The first kappa shape index (κ1) is 40.3. The van der Waals surface area contributed by atoms with E-state index in [0.29, 0.717) is 47.5 Å². The molecule has 1 amide bonds. The van der Waals surface area contributed by atoms with E-state index >= 15 is 0 Å². The number of hydrogen-bond donors (Lipinski definition) is 3. The van der Waals surface area contributed by atoms with Gasteiger partial charge < -0.3 is 34.6 Å². The fourth-order valence-corrected chi connectivity index (χ4v) is 10.3. The van der Waals surface area contributed by atoms with E-state index < -0.39 is 33.9 Å². The highest BCUT2D eigenvalue weighted by Gasteiger charge is 2.65. The predicted molar refractivity (Wildman–Crippen MR) is 208 cm³/mol. The molecule has 14 heteroatoms. The summed E-state index contributed by atoms with van der Waals surface area (Å²) in [7, 11) is -1.24. The molecule has 1 aromatic heterocycles. The number of unbranched alkanes of at least 4 members (excludes halogenated alkanes) is 2. The van der Waals surface area contributed by atoms with Crippen LogP contribution in [0.3, 0.4) is 0 Å². The summed E-state index contributed by atoms with van der Waals surface area (Å²) >= 11 is 0. The fourth-order valence-electron chi connectivity index (χ4n) is 8.77. The third-order valence-electron chi connectivity index (χ3n) is 11.1. The Balaban J connectivity index is 1.59. The molecular formula is C41H52N4O9S. The Bertz CT molecular complexity index is 2020. The maximum absolute atomic E-state index is 14.9. The van der Waals surface area contributed by atoms with Gasteiger partial charge in [-0.15, -0.1) is 6.58 Å². The van der Waals surface area contributed by atoms with Crippen LogP contribution in [-0.2, 0) is 19.6 Å². The molecule has 2 aliphatic carbocycles. The number of likely N-dealkylation sites (N-methyl/N-ethyl adjacent to an activating group) is 1. The summed E-state index contributed by atoms with van der Waals surface area (Å²) in [6.07, 6.45) is 9.18. The number of ether oxygens (including phenoxy) is 3. The van der Waals surface area contributed by atoms with Gasteiger partial charge in [0, 0.05) is 56.3 Å². The number of hydrogen-bond acceptors (Lipinski definition) is 11. The standard InChI is InChI=1S/C41H52N4O9S/c1-5-23-52-41-36(45(3)55(49,50)35-17-11-14-27-15-12-20-43-39(27)35)26-33(44-51-4)31-24-28(13-7-9-21-46)30(16-8-10-22-47)37(38(31)41)32-25-29(18-19-34(32)54-41)53-40(48)42-6-2/h5,11-12,14-15,17-20,24-25,28,30,36-38,46-47H,1,6-10,13,16,21-23,26H2,2-4H3,(H,42,48)/t28-,30+,36-,37+,38+,41+/m0/s1. The highest BCUT2D eigenvalue weighted by Crippen LogP contribution is 2.62. The Hall–Kier alpha value is -4.34. The molecule has 6 atom stereocenters. The minimum Gasteiger partial charge on any atom is -0.460 e. The third kappa shape index (κ3) is 7.88. The Morgan fingerprint density at radius 3 is 2.62 bits per heavy atom. The number of carbonyl (C=O) groups is 1. The first-order valence-corrected chi connectivity index (χ1v) is 20.5. The van der Waals surface area contributed by atoms with E-state index in [-0.39, 0.29) is 48.9 Å². The van der Waals surface area contributed by atoms with Crippen LogP contribution in [0.4, 0.5) is 4.79 Å². The molecule has 1 saturated carbocycles. The number of sulfonamides is 1. The molecule has 3 aliphatic rings. The second kappa shape index (κ2) is 17.6. The maximum atomic E-state index is 14.9. The number of allylic oxidation sites excluding steroid dienone is 1. The lowest BCUT2D eigenvalue weighted by Gasteiger charge is -2.59. The Morgan fingerprint density at radius 1 is 1.13 bits per heavy atom. The molecule has 0 bridgehead atoms. The Kier molecular flexibility index (Phi) is 12.9. The topological polar surface area (TPSA) is 169 Å². The molecule has 0 radical (unpaired) electrons. The van der Waals surface area contributed by atoms with E-state index in [1.54, 1.807) is 49.5 Å². The molecule has 2 heterocycles. The zero-order valence-corrected chi connectivity index (χ0v) is 32.5. The molecule has 1 fully saturated rings. The van der Waals surface area contributed by atoms with Crippen molar-refractivity contribution in [2.45, 2.75) is 74.5 Å². The number of pyridine rings is 1. The van der Waals surface area contributed by atoms with E-state index in [1.807, 2.05) is 18.2 Å². The molecule has 0 unspecified atom stereocenters. The van der Waals surface area contributed by atoms with E-state index in [2.05, 4.69) is 28.1 Å². The monoisotopic (exact) mass is 776 g/mol. The van der Waals surface area contributed by atoms with Crippen LogP contribution < -0.4 is 14.8 Å². The highest BCUT2D eigenvalue weighted by atomic mass is 32.2. The molecule has 6 rings (SSSR count). The van der Waals surface area contributed by atoms with Gasteiger partial charge in [0.15, 0.2) is 0 Å². The predicted octanol–water partition coefficient (Wildman–Crippen LogP) is 5.93. The summed E-state index contributed by atoms with van der Waals surface area (Å²) in [6, 6.07) is 12.9. The van der Waals surface area contributed by atoms with Crippen LogP contribution in [0.5, 0.6) is 11.5 Å². The zero-order chi connectivity index (χ0) is 39.2. The molecule has 296 valence electrons. The van der Waals surface area contributed by atoms with Gasteiger partial charge in [0.2, 0.25) is 15.8 Å². The van der Waals surface area contributed by atoms with Gasteiger partial charge in [-0.1, -0.05) is 48.3 Å². The number of rotatable bonds is 17. The van der Waals surface area contributed by atoms with E-state index in [9.17, 15) is 23.4 Å². The molecular weight excluding hydrogens is 725 g/mol. The summed E-state index contributed by atoms with van der Waals surface area (Å²) < 4.78 is 50.8. The fraction of sp³-hybridized carbons (Fsp3) is 0.488. The SMILES string of the molecule is C=CCO[C@@]12Oc3ccc(OC(=O)NCC)cc3[C@H]3[C@H](CCCCO)[C@@H](CCCCO)C=C(C(=NOC)C[C@@H]1N(C)S(=O)(=O)c1cccc4cccnc14)[C@H]32. The van der Waals surface area contributed by atoms with Crippen LogP contribution in [-0.4, -0.2) is 92.1 Å².